The van der Waals surface area contributed by atoms with E-state index in [9.17, 15) is 0 Å². The topological polar surface area (TPSA) is 12.0 Å². The lowest BCUT2D eigenvalue weighted by molar-refractivity contribution is 0.336. The lowest BCUT2D eigenvalue weighted by atomic mass is 9.97. The second kappa shape index (κ2) is 5.75. The van der Waals surface area contributed by atoms with E-state index in [1.54, 1.807) is 0 Å². The average molecular weight is 197 g/mol. The zero-order valence-corrected chi connectivity index (χ0v) is 10.3. The molecule has 2 atom stereocenters. The molecule has 0 aromatic heterocycles. The lowest BCUT2D eigenvalue weighted by Crippen LogP contribution is -2.38. The third-order valence-corrected chi connectivity index (χ3v) is 3.71. The fraction of sp³-hybridized carbons (Fsp3) is 1.00. The molecular weight excluding hydrogens is 170 g/mol. The van der Waals surface area contributed by atoms with E-state index < -0.39 is 0 Å². The Hall–Kier alpha value is -0.0400. The van der Waals surface area contributed by atoms with Gasteiger partial charge in [-0.05, 0) is 32.1 Å². The standard InChI is InChI=1S/C13H27N/c1-10(2)12(4)14-11(3)9-13-7-5-6-8-13/h10-14H,5-9H2,1-4H3. The maximum Gasteiger partial charge on any atom is 0.00642 e. The highest BCUT2D eigenvalue weighted by Crippen LogP contribution is 2.28. The first-order valence-corrected chi connectivity index (χ1v) is 6.35. The van der Waals surface area contributed by atoms with E-state index in [0.717, 1.165) is 11.8 Å². The van der Waals surface area contributed by atoms with Crippen LogP contribution in [-0.2, 0) is 0 Å². The Morgan fingerprint density at radius 3 is 2.14 bits per heavy atom. The van der Waals surface area contributed by atoms with Crippen LogP contribution >= 0.6 is 0 Å². The van der Waals surface area contributed by atoms with Crippen molar-refractivity contribution in [3.05, 3.63) is 0 Å². The van der Waals surface area contributed by atoms with Gasteiger partial charge in [0, 0.05) is 12.1 Å². The minimum absolute atomic E-state index is 0.659. The van der Waals surface area contributed by atoms with Crippen molar-refractivity contribution in [3.63, 3.8) is 0 Å². The highest BCUT2D eigenvalue weighted by molar-refractivity contribution is 4.75. The number of rotatable bonds is 5. The zero-order valence-electron chi connectivity index (χ0n) is 10.3. The SMILES string of the molecule is CC(CC1CCCC1)NC(C)C(C)C. The Bertz CT molecular complexity index is 143. The summed E-state index contributed by atoms with van der Waals surface area (Å²) in [6, 6.07) is 1.36. The molecule has 0 radical (unpaired) electrons. The van der Waals surface area contributed by atoms with Gasteiger partial charge in [-0.1, -0.05) is 39.5 Å². The molecule has 1 nitrogen and oxygen atoms in total. The Balaban J connectivity index is 2.17. The van der Waals surface area contributed by atoms with Crippen LogP contribution < -0.4 is 5.32 Å². The molecule has 2 unspecified atom stereocenters. The fourth-order valence-corrected chi connectivity index (χ4v) is 2.46. The summed E-state index contributed by atoms with van der Waals surface area (Å²) in [5.41, 5.74) is 0. The second-order valence-corrected chi connectivity index (χ2v) is 5.49. The molecule has 1 fully saturated rings. The van der Waals surface area contributed by atoms with Crippen molar-refractivity contribution >= 4 is 0 Å². The molecule has 0 amide bonds. The first-order valence-electron chi connectivity index (χ1n) is 6.35. The van der Waals surface area contributed by atoms with Gasteiger partial charge in [-0.2, -0.15) is 0 Å². The van der Waals surface area contributed by atoms with Gasteiger partial charge in [-0.25, -0.2) is 0 Å². The molecule has 1 N–H and O–H groups in total. The normalized spacial score (nSPS) is 22.9. The van der Waals surface area contributed by atoms with Crippen molar-refractivity contribution in [3.8, 4) is 0 Å². The average Bonchev–Trinajstić information content (AvgIpc) is 2.56. The first kappa shape index (κ1) is 12.0. The van der Waals surface area contributed by atoms with E-state index in [4.69, 9.17) is 0 Å². The van der Waals surface area contributed by atoms with Crippen LogP contribution in [0.1, 0.15) is 59.8 Å². The van der Waals surface area contributed by atoms with Gasteiger partial charge >= 0.3 is 0 Å². The van der Waals surface area contributed by atoms with E-state index in [2.05, 4.69) is 33.0 Å². The van der Waals surface area contributed by atoms with Crippen molar-refractivity contribution in [2.45, 2.75) is 71.9 Å². The molecule has 84 valence electrons. The molecular formula is C13H27N. The van der Waals surface area contributed by atoms with Crippen molar-refractivity contribution in [2.75, 3.05) is 0 Å². The molecule has 0 aromatic rings. The van der Waals surface area contributed by atoms with Gasteiger partial charge in [-0.15, -0.1) is 0 Å². The zero-order chi connectivity index (χ0) is 10.6. The Kier molecular flexibility index (Phi) is 4.94. The van der Waals surface area contributed by atoms with E-state index in [1.165, 1.54) is 32.1 Å². The molecule has 1 aliphatic carbocycles. The van der Waals surface area contributed by atoms with Gasteiger partial charge in [-0.3, -0.25) is 0 Å². The lowest BCUT2D eigenvalue weighted by Gasteiger charge is -2.24. The number of nitrogens with one attached hydrogen (secondary N) is 1. The quantitative estimate of drug-likeness (QED) is 0.710. The smallest absolute Gasteiger partial charge is 0.00642 e. The largest absolute Gasteiger partial charge is 0.312 e. The Morgan fingerprint density at radius 1 is 1.07 bits per heavy atom. The molecule has 1 heteroatoms. The highest BCUT2D eigenvalue weighted by atomic mass is 14.9. The summed E-state index contributed by atoms with van der Waals surface area (Å²) in [5, 5.41) is 3.71. The monoisotopic (exact) mass is 197 g/mol. The molecule has 0 heterocycles. The summed E-state index contributed by atoms with van der Waals surface area (Å²) in [5.74, 6) is 1.76. The van der Waals surface area contributed by atoms with Crippen molar-refractivity contribution < 1.29 is 0 Å². The van der Waals surface area contributed by atoms with Crippen LogP contribution in [0, 0.1) is 11.8 Å². The van der Waals surface area contributed by atoms with E-state index >= 15 is 0 Å². The third-order valence-electron chi connectivity index (χ3n) is 3.71. The highest BCUT2D eigenvalue weighted by Gasteiger charge is 2.19. The van der Waals surface area contributed by atoms with E-state index in [1.807, 2.05) is 0 Å². The van der Waals surface area contributed by atoms with Crippen molar-refractivity contribution in [1.82, 2.24) is 5.32 Å². The van der Waals surface area contributed by atoms with Crippen molar-refractivity contribution in [2.24, 2.45) is 11.8 Å². The second-order valence-electron chi connectivity index (χ2n) is 5.49. The molecule has 0 bridgehead atoms. The fourth-order valence-electron chi connectivity index (χ4n) is 2.46. The van der Waals surface area contributed by atoms with Crippen LogP contribution in [0.2, 0.25) is 0 Å². The minimum atomic E-state index is 0.659. The van der Waals surface area contributed by atoms with Crippen molar-refractivity contribution in [1.29, 1.82) is 0 Å². The van der Waals surface area contributed by atoms with Crippen LogP contribution in [0.15, 0.2) is 0 Å². The van der Waals surface area contributed by atoms with E-state index in [0.29, 0.717) is 12.1 Å². The first-order chi connectivity index (χ1) is 6.59. The number of hydrogen-bond acceptors (Lipinski definition) is 1. The molecule has 1 rings (SSSR count). The van der Waals surface area contributed by atoms with Crippen LogP contribution in [0.3, 0.4) is 0 Å². The summed E-state index contributed by atoms with van der Waals surface area (Å²) in [4.78, 5) is 0. The Morgan fingerprint density at radius 2 is 1.64 bits per heavy atom. The van der Waals surface area contributed by atoms with Gasteiger partial charge in [0.25, 0.3) is 0 Å². The van der Waals surface area contributed by atoms with Crippen LogP contribution in [0.25, 0.3) is 0 Å². The minimum Gasteiger partial charge on any atom is -0.312 e. The predicted molar refractivity (Wildman–Crippen MR) is 63.5 cm³/mol. The summed E-state index contributed by atoms with van der Waals surface area (Å²) in [7, 11) is 0. The Labute approximate surface area is 89.7 Å². The van der Waals surface area contributed by atoms with Gasteiger partial charge in [0.2, 0.25) is 0 Å². The van der Waals surface area contributed by atoms with Gasteiger partial charge < -0.3 is 5.32 Å². The van der Waals surface area contributed by atoms with Crippen LogP contribution in [0.4, 0.5) is 0 Å². The number of hydrogen-bond donors (Lipinski definition) is 1. The molecule has 1 aliphatic rings. The molecule has 0 spiro atoms. The molecule has 1 saturated carbocycles. The summed E-state index contributed by atoms with van der Waals surface area (Å²) in [6.07, 6.45) is 7.27. The van der Waals surface area contributed by atoms with Gasteiger partial charge in [0.15, 0.2) is 0 Å². The third kappa shape index (κ3) is 4.00. The van der Waals surface area contributed by atoms with Crippen LogP contribution in [-0.4, -0.2) is 12.1 Å². The van der Waals surface area contributed by atoms with Crippen LogP contribution in [0.5, 0.6) is 0 Å². The summed E-state index contributed by atoms with van der Waals surface area (Å²) >= 11 is 0. The van der Waals surface area contributed by atoms with Gasteiger partial charge in [0.05, 0.1) is 0 Å². The maximum absolute atomic E-state index is 3.71. The molecule has 0 aromatic carbocycles. The maximum atomic E-state index is 3.71. The van der Waals surface area contributed by atoms with Gasteiger partial charge in [0.1, 0.15) is 0 Å². The summed E-state index contributed by atoms with van der Waals surface area (Å²) < 4.78 is 0. The summed E-state index contributed by atoms with van der Waals surface area (Å²) in [6.45, 7) is 9.23. The molecule has 0 aliphatic heterocycles. The molecule has 14 heavy (non-hydrogen) atoms. The predicted octanol–water partition coefficient (Wildman–Crippen LogP) is 3.59. The molecule has 0 saturated heterocycles. The van der Waals surface area contributed by atoms with E-state index in [-0.39, 0.29) is 0 Å².